The highest BCUT2D eigenvalue weighted by Gasteiger charge is 2.26. The minimum atomic E-state index is -4.36. The van der Waals surface area contributed by atoms with Crippen LogP contribution in [0.2, 0.25) is 0 Å². The standard InChI is InChI=1S/C37H74NO8P/c1-3-5-7-9-11-13-14-15-16-17-18-19-20-22-23-25-27-29-36(39)43-33-35(34-45-47(41,42)44-32-31-38)46-37(40)30-28-26-24-21-12-10-8-6-4-2/h35H,3-34,38H2,1-2H3,(H,41,42)/t35-/m0/s1. The van der Waals surface area contributed by atoms with Gasteiger partial charge >= 0.3 is 19.8 Å². The number of rotatable bonds is 37. The van der Waals surface area contributed by atoms with Crippen LogP contribution >= 0.6 is 7.82 Å². The number of unbranched alkanes of at least 4 members (excludes halogenated alkanes) is 24. The maximum atomic E-state index is 12.5. The van der Waals surface area contributed by atoms with Crippen LogP contribution in [0, 0.1) is 0 Å². The largest absolute Gasteiger partial charge is 0.472 e. The molecule has 3 N–H and O–H groups in total. The predicted molar refractivity (Wildman–Crippen MR) is 192 cm³/mol. The van der Waals surface area contributed by atoms with E-state index in [1.807, 2.05) is 0 Å². The quantitative estimate of drug-likeness (QED) is 0.0371. The fraction of sp³-hybridized carbons (Fsp3) is 0.946. The third-order valence-corrected chi connectivity index (χ3v) is 9.48. The topological polar surface area (TPSA) is 134 Å². The van der Waals surface area contributed by atoms with Crippen molar-refractivity contribution in [2.45, 2.75) is 200 Å². The normalized spacial score (nSPS) is 13.4. The number of esters is 2. The van der Waals surface area contributed by atoms with Crippen molar-refractivity contribution in [2.75, 3.05) is 26.4 Å². The lowest BCUT2D eigenvalue weighted by molar-refractivity contribution is -0.161. The van der Waals surface area contributed by atoms with Crippen LogP contribution in [0.4, 0.5) is 0 Å². The average molecular weight is 692 g/mol. The third kappa shape index (κ3) is 34.7. The molecule has 0 saturated carbocycles. The zero-order chi connectivity index (χ0) is 34.7. The van der Waals surface area contributed by atoms with E-state index < -0.39 is 26.5 Å². The summed E-state index contributed by atoms with van der Waals surface area (Å²) in [5, 5.41) is 0. The highest BCUT2D eigenvalue weighted by atomic mass is 31.2. The highest BCUT2D eigenvalue weighted by molar-refractivity contribution is 7.47. The summed E-state index contributed by atoms with van der Waals surface area (Å²) in [5.41, 5.74) is 5.32. The van der Waals surface area contributed by atoms with Gasteiger partial charge in [-0.2, -0.15) is 0 Å². The van der Waals surface area contributed by atoms with Crippen LogP contribution in [0.15, 0.2) is 0 Å². The highest BCUT2D eigenvalue weighted by Crippen LogP contribution is 2.43. The molecule has 0 aliphatic rings. The number of carbonyl (C=O) groups is 2. The molecule has 0 aromatic carbocycles. The molecule has 2 atom stereocenters. The molecule has 0 bridgehead atoms. The van der Waals surface area contributed by atoms with Crippen molar-refractivity contribution in [1.29, 1.82) is 0 Å². The van der Waals surface area contributed by atoms with Crippen molar-refractivity contribution in [3.63, 3.8) is 0 Å². The number of hydrogen-bond acceptors (Lipinski definition) is 8. The van der Waals surface area contributed by atoms with Gasteiger partial charge in [-0.1, -0.05) is 168 Å². The first-order valence-electron chi connectivity index (χ1n) is 19.5. The SMILES string of the molecule is CCCCCCCCCCCCCCCCCCCC(=O)OC[C@@H](COP(=O)(O)OCCN)OC(=O)CCCCCCCCCCC. The molecule has 0 rings (SSSR count). The first-order chi connectivity index (χ1) is 22.8. The summed E-state index contributed by atoms with van der Waals surface area (Å²) in [6.07, 6.45) is 31.4. The number of carbonyl (C=O) groups excluding carboxylic acids is 2. The van der Waals surface area contributed by atoms with E-state index in [-0.39, 0.29) is 38.6 Å². The Bertz CT molecular complexity index is 754. The average Bonchev–Trinajstić information content (AvgIpc) is 3.05. The molecule has 0 radical (unpaired) electrons. The maximum absolute atomic E-state index is 12.5. The smallest absolute Gasteiger partial charge is 0.462 e. The Balaban J connectivity index is 4.09. The van der Waals surface area contributed by atoms with Gasteiger partial charge in [0, 0.05) is 19.4 Å². The second kappa shape index (κ2) is 34.9. The van der Waals surface area contributed by atoms with E-state index in [9.17, 15) is 19.0 Å². The van der Waals surface area contributed by atoms with Crippen molar-refractivity contribution in [1.82, 2.24) is 0 Å². The summed E-state index contributed by atoms with van der Waals surface area (Å²) in [5.74, 6) is -0.820. The number of phosphoric ester groups is 1. The van der Waals surface area contributed by atoms with Crippen molar-refractivity contribution >= 4 is 19.8 Å². The first kappa shape index (κ1) is 46.0. The van der Waals surface area contributed by atoms with Gasteiger partial charge in [0.05, 0.1) is 13.2 Å². The van der Waals surface area contributed by atoms with Crippen molar-refractivity contribution in [3.05, 3.63) is 0 Å². The lowest BCUT2D eigenvalue weighted by Gasteiger charge is -2.19. The molecular formula is C37H74NO8P. The Labute approximate surface area is 288 Å². The second-order valence-corrected chi connectivity index (χ2v) is 14.6. The van der Waals surface area contributed by atoms with Gasteiger partial charge < -0.3 is 20.1 Å². The van der Waals surface area contributed by atoms with E-state index in [1.165, 1.54) is 128 Å². The molecule has 9 nitrogen and oxygen atoms in total. The minimum Gasteiger partial charge on any atom is -0.462 e. The number of ether oxygens (including phenoxy) is 2. The maximum Gasteiger partial charge on any atom is 0.472 e. The third-order valence-electron chi connectivity index (χ3n) is 8.49. The number of phosphoric acid groups is 1. The summed E-state index contributed by atoms with van der Waals surface area (Å²) in [6.45, 7) is 3.72. The molecule has 0 aliphatic heterocycles. The molecule has 0 spiro atoms. The van der Waals surface area contributed by atoms with Crippen LogP contribution in [0.3, 0.4) is 0 Å². The van der Waals surface area contributed by atoms with E-state index in [2.05, 4.69) is 13.8 Å². The number of hydrogen-bond donors (Lipinski definition) is 2. The van der Waals surface area contributed by atoms with Crippen LogP contribution < -0.4 is 5.73 Å². The van der Waals surface area contributed by atoms with Crippen LogP contribution in [0.1, 0.15) is 194 Å². The Morgan fingerprint density at radius 2 is 0.915 bits per heavy atom. The predicted octanol–water partition coefficient (Wildman–Crippen LogP) is 10.5. The van der Waals surface area contributed by atoms with Crippen molar-refractivity contribution < 1.29 is 37.6 Å². The van der Waals surface area contributed by atoms with Crippen LogP contribution in [-0.2, 0) is 32.7 Å². The molecule has 47 heavy (non-hydrogen) atoms. The van der Waals surface area contributed by atoms with E-state index in [0.29, 0.717) is 6.42 Å². The van der Waals surface area contributed by atoms with Gasteiger partial charge in [0.15, 0.2) is 6.10 Å². The van der Waals surface area contributed by atoms with Gasteiger partial charge in [0.1, 0.15) is 6.61 Å². The Morgan fingerprint density at radius 1 is 0.553 bits per heavy atom. The van der Waals surface area contributed by atoms with Gasteiger partial charge in [0.2, 0.25) is 0 Å². The van der Waals surface area contributed by atoms with Gasteiger partial charge in [-0.25, -0.2) is 4.57 Å². The molecule has 0 fully saturated rings. The molecule has 0 aromatic rings. The first-order valence-corrected chi connectivity index (χ1v) is 21.0. The molecule has 10 heteroatoms. The van der Waals surface area contributed by atoms with Crippen LogP contribution in [-0.4, -0.2) is 49.3 Å². The fourth-order valence-corrected chi connectivity index (χ4v) is 6.34. The summed E-state index contributed by atoms with van der Waals surface area (Å²) >= 11 is 0. The molecular weight excluding hydrogens is 617 g/mol. The van der Waals surface area contributed by atoms with E-state index in [4.69, 9.17) is 24.3 Å². The summed E-state index contributed by atoms with van der Waals surface area (Å²) in [6, 6.07) is 0. The minimum absolute atomic E-state index is 0.0576. The molecule has 0 heterocycles. The lowest BCUT2D eigenvalue weighted by Crippen LogP contribution is -2.29. The summed E-state index contributed by atoms with van der Waals surface area (Å²) in [4.78, 5) is 34.6. The van der Waals surface area contributed by atoms with Crippen LogP contribution in [0.5, 0.6) is 0 Å². The van der Waals surface area contributed by atoms with E-state index in [0.717, 1.165) is 32.1 Å². The second-order valence-electron chi connectivity index (χ2n) is 13.2. The van der Waals surface area contributed by atoms with E-state index in [1.54, 1.807) is 0 Å². The summed E-state index contributed by atoms with van der Waals surface area (Å²) < 4.78 is 32.6. The molecule has 0 aliphatic carbocycles. The van der Waals surface area contributed by atoms with Crippen molar-refractivity contribution in [3.8, 4) is 0 Å². The van der Waals surface area contributed by atoms with Gasteiger partial charge in [-0.3, -0.25) is 18.6 Å². The Kier molecular flexibility index (Phi) is 34.1. The molecule has 280 valence electrons. The molecule has 0 aromatic heterocycles. The lowest BCUT2D eigenvalue weighted by atomic mass is 10.0. The van der Waals surface area contributed by atoms with Gasteiger partial charge in [-0.05, 0) is 12.8 Å². The fourth-order valence-electron chi connectivity index (χ4n) is 5.58. The summed E-state index contributed by atoms with van der Waals surface area (Å²) in [7, 11) is -4.36. The molecule has 0 amide bonds. The van der Waals surface area contributed by atoms with Crippen molar-refractivity contribution in [2.24, 2.45) is 5.73 Å². The van der Waals surface area contributed by atoms with E-state index >= 15 is 0 Å². The molecule has 1 unspecified atom stereocenters. The number of nitrogens with two attached hydrogens (primary N) is 1. The Morgan fingerprint density at radius 3 is 1.30 bits per heavy atom. The monoisotopic (exact) mass is 692 g/mol. The Hall–Kier alpha value is -0.990. The van der Waals surface area contributed by atoms with Crippen LogP contribution in [0.25, 0.3) is 0 Å². The van der Waals surface area contributed by atoms with Gasteiger partial charge in [-0.15, -0.1) is 0 Å². The van der Waals surface area contributed by atoms with Gasteiger partial charge in [0.25, 0.3) is 0 Å². The zero-order valence-electron chi connectivity index (χ0n) is 30.5. The zero-order valence-corrected chi connectivity index (χ0v) is 31.4. The molecule has 0 saturated heterocycles.